The molecule has 2 aromatic rings. The summed E-state index contributed by atoms with van der Waals surface area (Å²) in [6, 6.07) is 16.6. The van der Waals surface area contributed by atoms with Crippen LogP contribution < -0.4 is 9.47 Å². The maximum atomic E-state index is 11.2. The monoisotopic (exact) mass is 302 g/mol. The lowest BCUT2D eigenvalue weighted by atomic mass is 10.1. The second kappa shape index (κ2) is 7.12. The third-order valence-corrected chi connectivity index (χ3v) is 2.80. The van der Waals surface area contributed by atoms with Crippen molar-refractivity contribution in [2.75, 3.05) is 0 Å². The van der Waals surface area contributed by atoms with Gasteiger partial charge >= 0.3 is 11.9 Å². The molecule has 0 unspecified atom stereocenters. The first-order chi connectivity index (χ1) is 10.6. The molecule has 0 fully saturated rings. The summed E-state index contributed by atoms with van der Waals surface area (Å²) in [5, 5.41) is 18.3. The molecule has 0 aliphatic heterocycles. The van der Waals surface area contributed by atoms with Crippen LogP contribution >= 0.6 is 0 Å². The van der Waals surface area contributed by atoms with E-state index in [1.165, 1.54) is 0 Å². The third kappa shape index (κ3) is 3.99. The van der Waals surface area contributed by atoms with Gasteiger partial charge < -0.3 is 19.7 Å². The molecule has 2 aromatic carbocycles. The van der Waals surface area contributed by atoms with E-state index >= 15 is 0 Å². The lowest BCUT2D eigenvalue weighted by Gasteiger charge is -2.23. The van der Waals surface area contributed by atoms with Gasteiger partial charge in [0.15, 0.2) is 0 Å². The van der Waals surface area contributed by atoms with Crippen molar-refractivity contribution in [2.24, 2.45) is 5.92 Å². The number of carbonyl (C=O) groups is 2. The maximum Gasteiger partial charge on any atom is 0.325 e. The highest BCUT2D eigenvalue weighted by molar-refractivity contribution is 5.93. The maximum absolute atomic E-state index is 11.2. The normalized spacial score (nSPS) is 10.5. The summed E-state index contributed by atoms with van der Waals surface area (Å²) in [7, 11) is 0. The molecule has 0 aliphatic carbocycles. The van der Waals surface area contributed by atoms with Crippen molar-refractivity contribution in [3.8, 4) is 11.5 Å². The Labute approximate surface area is 126 Å². The minimum Gasteiger partial charge on any atom is -0.480 e. The van der Waals surface area contributed by atoms with Crippen molar-refractivity contribution < 1.29 is 29.3 Å². The number of carboxylic acid groups (broad SMARTS) is 2. The molecule has 114 valence electrons. The van der Waals surface area contributed by atoms with Crippen LogP contribution in [0.3, 0.4) is 0 Å². The lowest BCUT2D eigenvalue weighted by Crippen LogP contribution is -2.42. The fraction of sp³-hybridized carbons (Fsp3) is 0.125. The first kappa shape index (κ1) is 15.4. The van der Waals surface area contributed by atoms with Crippen LogP contribution in [0.5, 0.6) is 11.5 Å². The van der Waals surface area contributed by atoms with Gasteiger partial charge in [0, 0.05) is 0 Å². The molecule has 0 heterocycles. The third-order valence-electron chi connectivity index (χ3n) is 2.80. The van der Waals surface area contributed by atoms with Crippen molar-refractivity contribution in [2.45, 2.75) is 6.29 Å². The van der Waals surface area contributed by atoms with Crippen LogP contribution in [0, 0.1) is 5.92 Å². The molecule has 0 radical (unpaired) electrons. The summed E-state index contributed by atoms with van der Waals surface area (Å²) in [6.07, 6.45) is -1.50. The fourth-order valence-corrected chi connectivity index (χ4v) is 1.76. The van der Waals surface area contributed by atoms with Crippen LogP contribution in [0.1, 0.15) is 0 Å². The van der Waals surface area contributed by atoms with Gasteiger partial charge in [-0.15, -0.1) is 0 Å². The van der Waals surface area contributed by atoms with Gasteiger partial charge in [-0.2, -0.15) is 0 Å². The van der Waals surface area contributed by atoms with Gasteiger partial charge in [-0.3, -0.25) is 9.59 Å². The van der Waals surface area contributed by atoms with Crippen LogP contribution in [-0.4, -0.2) is 28.4 Å². The predicted molar refractivity (Wildman–Crippen MR) is 76.7 cm³/mol. The zero-order chi connectivity index (χ0) is 15.9. The van der Waals surface area contributed by atoms with Crippen molar-refractivity contribution in [1.29, 1.82) is 0 Å². The molecule has 0 saturated carbocycles. The molecule has 0 aromatic heterocycles. The zero-order valence-electron chi connectivity index (χ0n) is 11.5. The highest BCUT2D eigenvalue weighted by atomic mass is 16.7. The standard InChI is InChI=1S/C16H14O6/c17-14(18)13(15(19)20)16(21-11-7-3-1-4-8-11)22-12-9-5-2-6-10-12/h1-10,13,16H,(H,17,18)(H,19,20). The molecule has 0 atom stereocenters. The Hall–Kier alpha value is -3.02. The Balaban J connectivity index is 2.27. The van der Waals surface area contributed by atoms with Gasteiger partial charge in [0.1, 0.15) is 11.5 Å². The molecule has 2 N–H and O–H groups in total. The first-order valence-corrected chi connectivity index (χ1v) is 6.47. The van der Waals surface area contributed by atoms with Crippen molar-refractivity contribution in [3.63, 3.8) is 0 Å². The molecule has 0 spiro atoms. The highest BCUT2D eigenvalue weighted by Gasteiger charge is 2.39. The summed E-state index contributed by atoms with van der Waals surface area (Å²) in [5.74, 6) is -4.30. The van der Waals surface area contributed by atoms with Crippen molar-refractivity contribution >= 4 is 11.9 Å². The van der Waals surface area contributed by atoms with Gasteiger partial charge in [-0.05, 0) is 24.3 Å². The Morgan fingerprint density at radius 3 is 1.41 bits per heavy atom. The molecule has 0 amide bonds. The quantitative estimate of drug-likeness (QED) is 0.602. The van der Waals surface area contributed by atoms with Gasteiger partial charge in [0.05, 0.1) is 0 Å². The van der Waals surface area contributed by atoms with Crippen LogP contribution in [0.2, 0.25) is 0 Å². The first-order valence-electron chi connectivity index (χ1n) is 6.47. The van der Waals surface area contributed by atoms with E-state index in [4.69, 9.17) is 19.7 Å². The number of carboxylic acids is 2. The van der Waals surface area contributed by atoms with E-state index < -0.39 is 24.1 Å². The lowest BCUT2D eigenvalue weighted by molar-refractivity contribution is -0.167. The van der Waals surface area contributed by atoms with Crippen LogP contribution in [-0.2, 0) is 9.59 Å². The number of hydrogen-bond donors (Lipinski definition) is 2. The van der Waals surface area contributed by atoms with E-state index in [1.807, 2.05) is 0 Å². The van der Waals surface area contributed by atoms with Crippen molar-refractivity contribution in [1.82, 2.24) is 0 Å². The smallest absolute Gasteiger partial charge is 0.325 e. The largest absolute Gasteiger partial charge is 0.480 e. The van der Waals surface area contributed by atoms with E-state index in [1.54, 1.807) is 60.7 Å². The predicted octanol–water partition coefficient (Wildman–Crippen LogP) is 2.26. The minimum atomic E-state index is -1.86. The summed E-state index contributed by atoms with van der Waals surface area (Å²) >= 11 is 0. The number of aliphatic carboxylic acids is 2. The molecule has 22 heavy (non-hydrogen) atoms. The zero-order valence-corrected chi connectivity index (χ0v) is 11.5. The van der Waals surface area contributed by atoms with E-state index in [0.717, 1.165) is 0 Å². The van der Waals surface area contributed by atoms with Crippen LogP contribution in [0.25, 0.3) is 0 Å². The Bertz CT molecular complexity index is 570. The Morgan fingerprint density at radius 1 is 0.727 bits per heavy atom. The summed E-state index contributed by atoms with van der Waals surface area (Å²) in [4.78, 5) is 22.4. The molecular weight excluding hydrogens is 288 g/mol. The molecular formula is C16H14O6. The number of benzene rings is 2. The highest BCUT2D eigenvalue weighted by Crippen LogP contribution is 2.20. The van der Waals surface area contributed by atoms with E-state index in [-0.39, 0.29) is 0 Å². The molecule has 6 heteroatoms. The van der Waals surface area contributed by atoms with Crippen molar-refractivity contribution in [3.05, 3.63) is 60.7 Å². The van der Waals surface area contributed by atoms with Crippen LogP contribution in [0.15, 0.2) is 60.7 Å². The topological polar surface area (TPSA) is 93.1 Å². The molecule has 0 bridgehead atoms. The van der Waals surface area contributed by atoms with Gasteiger partial charge in [0.2, 0.25) is 5.92 Å². The summed E-state index contributed by atoms with van der Waals surface area (Å²) in [5.41, 5.74) is 0. The fourth-order valence-electron chi connectivity index (χ4n) is 1.76. The SMILES string of the molecule is O=C(O)C(C(=O)O)C(Oc1ccccc1)Oc1ccccc1. The second-order valence-electron chi connectivity index (χ2n) is 4.38. The van der Waals surface area contributed by atoms with Gasteiger partial charge in [-0.25, -0.2) is 0 Å². The van der Waals surface area contributed by atoms with Gasteiger partial charge in [-0.1, -0.05) is 36.4 Å². The summed E-state index contributed by atoms with van der Waals surface area (Å²) < 4.78 is 10.8. The van der Waals surface area contributed by atoms with E-state index in [0.29, 0.717) is 11.5 Å². The molecule has 0 saturated heterocycles. The number of rotatable bonds is 7. The Kier molecular flexibility index (Phi) is 4.98. The molecule has 0 aliphatic rings. The van der Waals surface area contributed by atoms with Crippen LogP contribution in [0.4, 0.5) is 0 Å². The molecule has 6 nitrogen and oxygen atoms in total. The molecule has 2 rings (SSSR count). The number of para-hydroxylation sites is 2. The number of hydrogen-bond acceptors (Lipinski definition) is 4. The average Bonchev–Trinajstić information content (AvgIpc) is 2.48. The minimum absolute atomic E-state index is 0.316. The second-order valence-corrected chi connectivity index (χ2v) is 4.38. The average molecular weight is 302 g/mol. The Morgan fingerprint density at radius 2 is 1.09 bits per heavy atom. The van der Waals surface area contributed by atoms with Gasteiger partial charge in [0.25, 0.3) is 6.29 Å². The number of ether oxygens (including phenoxy) is 2. The van der Waals surface area contributed by atoms with E-state index in [2.05, 4.69) is 0 Å². The van der Waals surface area contributed by atoms with E-state index in [9.17, 15) is 9.59 Å². The summed E-state index contributed by atoms with van der Waals surface area (Å²) in [6.45, 7) is 0.